The first-order valence-corrected chi connectivity index (χ1v) is 15.5. The molecule has 0 saturated carbocycles. The molecule has 0 radical (unpaired) electrons. The van der Waals surface area contributed by atoms with Crippen LogP contribution in [0.5, 0.6) is 0 Å². The Hall–Kier alpha value is -0.860. The molecule has 0 spiro atoms. The lowest BCUT2D eigenvalue weighted by atomic mass is 10.0. The Balaban J connectivity index is 1.12. The first-order chi connectivity index (χ1) is 15.9. The molecule has 2 heterocycles. The van der Waals surface area contributed by atoms with Crippen LogP contribution in [0, 0.1) is 0 Å². The molecule has 32 heavy (non-hydrogen) atoms. The molecule has 0 aliphatic carbocycles. The van der Waals surface area contributed by atoms with Crippen LogP contribution in [0.2, 0.25) is 0 Å². The van der Waals surface area contributed by atoms with Crippen molar-refractivity contribution in [1.82, 2.24) is 0 Å². The summed E-state index contributed by atoms with van der Waals surface area (Å²) in [5.74, 6) is 0. The van der Waals surface area contributed by atoms with E-state index in [1.165, 1.54) is 142 Å². The van der Waals surface area contributed by atoms with Crippen molar-refractivity contribution in [3.63, 3.8) is 0 Å². The molecule has 0 amide bonds. The summed E-state index contributed by atoms with van der Waals surface area (Å²) in [6, 6.07) is 7.08. The molecular formula is C30H46S2. The van der Waals surface area contributed by atoms with E-state index in [-0.39, 0.29) is 0 Å². The van der Waals surface area contributed by atoms with Crippen LogP contribution in [0.3, 0.4) is 0 Å². The SMILES string of the molecule is CCCCCCCCCCCCCCCCCCCCc1cc2ccsc2c2sccc12. The predicted octanol–water partition coefficient (Wildman–Crippen LogP) is 11.7. The van der Waals surface area contributed by atoms with E-state index in [0.717, 1.165) is 0 Å². The molecular weight excluding hydrogens is 424 g/mol. The van der Waals surface area contributed by atoms with Gasteiger partial charge in [-0.2, -0.15) is 0 Å². The molecule has 0 saturated heterocycles. The highest BCUT2D eigenvalue weighted by molar-refractivity contribution is 7.25. The molecule has 0 unspecified atom stereocenters. The quantitative estimate of drug-likeness (QED) is 0.153. The van der Waals surface area contributed by atoms with Crippen LogP contribution in [-0.2, 0) is 6.42 Å². The van der Waals surface area contributed by atoms with Crippen LogP contribution in [-0.4, -0.2) is 0 Å². The van der Waals surface area contributed by atoms with Gasteiger partial charge in [-0.1, -0.05) is 116 Å². The third kappa shape index (κ3) is 8.82. The average molecular weight is 471 g/mol. The van der Waals surface area contributed by atoms with Gasteiger partial charge >= 0.3 is 0 Å². The Kier molecular flexibility index (Phi) is 12.8. The lowest BCUT2D eigenvalue weighted by molar-refractivity contribution is 0.525. The minimum atomic E-state index is 1.25. The topological polar surface area (TPSA) is 0 Å². The summed E-state index contributed by atoms with van der Waals surface area (Å²) in [6.45, 7) is 2.30. The minimum Gasteiger partial charge on any atom is -0.142 e. The van der Waals surface area contributed by atoms with Gasteiger partial charge in [0.05, 0.1) is 9.40 Å². The third-order valence-corrected chi connectivity index (χ3v) is 9.05. The van der Waals surface area contributed by atoms with E-state index in [1.54, 1.807) is 5.56 Å². The first-order valence-electron chi connectivity index (χ1n) is 13.8. The Morgan fingerprint density at radius 1 is 0.531 bits per heavy atom. The van der Waals surface area contributed by atoms with E-state index >= 15 is 0 Å². The summed E-state index contributed by atoms with van der Waals surface area (Å²) in [5, 5.41) is 7.46. The molecule has 3 aromatic rings. The summed E-state index contributed by atoms with van der Waals surface area (Å²) >= 11 is 3.80. The molecule has 0 aliphatic heterocycles. The summed E-state index contributed by atoms with van der Waals surface area (Å²) in [4.78, 5) is 0. The molecule has 2 aromatic heterocycles. The zero-order chi connectivity index (χ0) is 22.3. The molecule has 178 valence electrons. The minimum absolute atomic E-state index is 1.25. The highest BCUT2D eigenvalue weighted by atomic mass is 32.1. The number of hydrogen-bond donors (Lipinski definition) is 0. The number of unbranched alkanes of at least 4 members (excludes halogenated alkanes) is 17. The largest absolute Gasteiger partial charge is 0.142 e. The van der Waals surface area contributed by atoms with Crippen LogP contribution >= 0.6 is 22.7 Å². The lowest BCUT2D eigenvalue weighted by Crippen LogP contribution is -1.88. The van der Waals surface area contributed by atoms with Gasteiger partial charge in [-0.25, -0.2) is 0 Å². The van der Waals surface area contributed by atoms with Gasteiger partial charge in [0.1, 0.15) is 0 Å². The van der Waals surface area contributed by atoms with Crippen molar-refractivity contribution in [3.8, 4) is 0 Å². The van der Waals surface area contributed by atoms with E-state index in [1.807, 2.05) is 22.7 Å². The average Bonchev–Trinajstić information content (AvgIpc) is 3.47. The van der Waals surface area contributed by atoms with Crippen LogP contribution in [0.25, 0.3) is 20.2 Å². The maximum atomic E-state index is 2.45. The summed E-state index contributed by atoms with van der Waals surface area (Å²) in [7, 11) is 0. The van der Waals surface area contributed by atoms with Crippen molar-refractivity contribution in [2.75, 3.05) is 0 Å². The fourth-order valence-electron chi connectivity index (χ4n) is 5.04. The zero-order valence-corrected chi connectivity index (χ0v) is 22.3. The maximum Gasteiger partial charge on any atom is 0.0523 e. The normalized spacial score (nSPS) is 11.8. The standard InChI is InChI=1S/C30H46S2/c1-2-3-4-5-6-7-8-9-10-11-12-13-14-15-16-17-18-19-20-26-25-27-21-23-31-29(27)30-28(26)22-24-32-30/h21-25H,2-20H2,1H3. The van der Waals surface area contributed by atoms with E-state index in [4.69, 9.17) is 0 Å². The van der Waals surface area contributed by atoms with Gasteiger partial charge in [0.15, 0.2) is 0 Å². The molecule has 0 N–H and O–H groups in total. The van der Waals surface area contributed by atoms with Gasteiger partial charge in [0.2, 0.25) is 0 Å². The van der Waals surface area contributed by atoms with Gasteiger partial charge in [0.25, 0.3) is 0 Å². The van der Waals surface area contributed by atoms with E-state index in [0.29, 0.717) is 0 Å². The van der Waals surface area contributed by atoms with Gasteiger partial charge in [-0.05, 0) is 58.1 Å². The van der Waals surface area contributed by atoms with Gasteiger partial charge < -0.3 is 0 Å². The molecule has 0 aliphatic rings. The van der Waals surface area contributed by atoms with Gasteiger partial charge in [-0.3, -0.25) is 0 Å². The molecule has 0 atom stereocenters. The predicted molar refractivity (Wildman–Crippen MR) is 150 cm³/mol. The Morgan fingerprint density at radius 2 is 1.00 bits per heavy atom. The maximum absolute atomic E-state index is 2.45. The van der Waals surface area contributed by atoms with Gasteiger partial charge in [0, 0.05) is 0 Å². The smallest absolute Gasteiger partial charge is 0.0523 e. The lowest BCUT2D eigenvalue weighted by Gasteiger charge is -2.06. The zero-order valence-electron chi connectivity index (χ0n) is 20.6. The molecule has 0 nitrogen and oxygen atoms in total. The van der Waals surface area contributed by atoms with E-state index in [9.17, 15) is 0 Å². The molecule has 0 bridgehead atoms. The van der Waals surface area contributed by atoms with Crippen LogP contribution < -0.4 is 0 Å². The number of benzene rings is 1. The highest BCUT2D eigenvalue weighted by Crippen LogP contribution is 2.36. The second-order valence-corrected chi connectivity index (χ2v) is 11.6. The third-order valence-electron chi connectivity index (χ3n) is 7.04. The number of rotatable bonds is 19. The molecule has 1 aromatic carbocycles. The van der Waals surface area contributed by atoms with Crippen molar-refractivity contribution in [2.45, 2.75) is 129 Å². The fraction of sp³-hybridized carbons (Fsp3) is 0.667. The summed E-state index contributed by atoms with van der Waals surface area (Å²) < 4.78 is 2.99. The van der Waals surface area contributed by atoms with Crippen LogP contribution in [0.1, 0.15) is 128 Å². The van der Waals surface area contributed by atoms with Crippen molar-refractivity contribution < 1.29 is 0 Å². The van der Waals surface area contributed by atoms with Crippen LogP contribution in [0.15, 0.2) is 29.0 Å². The number of fused-ring (bicyclic) bond motifs is 3. The summed E-state index contributed by atoms with van der Waals surface area (Å²) in [6.07, 6.45) is 27.3. The van der Waals surface area contributed by atoms with Crippen molar-refractivity contribution in [2.24, 2.45) is 0 Å². The molecule has 0 fully saturated rings. The van der Waals surface area contributed by atoms with E-state index < -0.39 is 0 Å². The second-order valence-electron chi connectivity index (χ2n) is 9.80. The van der Waals surface area contributed by atoms with E-state index in [2.05, 4.69) is 35.9 Å². The Labute approximate surface area is 205 Å². The highest BCUT2D eigenvalue weighted by Gasteiger charge is 2.08. The number of thiophene rings is 2. The van der Waals surface area contributed by atoms with Crippen LogP contribution in [0.4, 0.5) is 0 Å². The number of hydrogen-bond acceptors (Lipinski definition) is 2. The monoisotopic (exact) mass is 470 g/mol. The fourth-order valence-corrected chi connectivity index (χ4v) is 7.06. The van der Waals surface area contributed by atoms with Crippen molar-refractivity contribution >= 4 is 42.8 Å². The summed E-state index contributed by atoms with van der Waals surface area (Å²) in [5.41, 5.74) is 1.57. The number of aryl methyl sites for hydroxylation is 1. The molecule has 2 heteroatoms. The van der Waals surface area contributed by atoms with Crippen molar-refractivity contribution in [1.29, 1.82) is 0 Å². The first kappa shape index (κ1) is 25.8. The second kappa shape index (κ2) is 15.9. The Morgan fingerprint density at radius 3 is 1.56 bits per heavy atom. The van der Waals surface area contributed by atoms with Crippen molar-refractivity contribution in [3.05, 3.63) is 34.5 Å². The van der Waals surface area contributed by atoms with Gasteiger partial charge in [-0.15, -0.1) is 22.7 Å². The Bertz CT molecular complexity index is 856. The molecule has 3 rings (SSSR count).